The first-order valence-electron chi connectivity index (χ1n) is 11.3. The first-order valence-corrected chi connectivity index (χ1v) is 11.7. The maximum absolute atomic E-state index is 13.0. The van der Waals surface area contributed by atoms with E-state index in [-0.39, 0.29) is 11.8 Å². The highest BCUT2D eigenvalue weighted by molar-refractivity contribution is 6.33. The number of hydrogen-bond donors (Lipinski definition) is 0. The molecule has 172 valence electrons. The van der Waals surface area contributed by atoms with E-state index >= 15 is 0 Å². The molecule has 1 saturated heterocycles. The number of halogens is 1. The zero-order chi connectivity index (χ0) is 23.5. The lowest BCUT2D eigenvalue weighted by atomic mass is 10.1. The van der Waals surface area contributed by atoms with Gasteiger partial charge >= 0.3 is 0 Å². The fraction of sp³-hybridized carbons (Fsp3) is 0.360. The van der Waals surface area contributed by atoms with Crippen LogP contribution in [-0.2, 0) is 4.79 Å². The fourth-order valence-electron chi connectivity index (χ4n) is 4.18. The molecule has 0 saturated carbocycles. The highest BCUT2D eigenvalue weighted by Gasteiger charge is 2.23. The van der Waals surface area contributed by atoms with Gasteiger partial charge in [0.2, 0.25) is 5.91 Å². The quantitative estimate of drug-likeness (QED) is 0.567. The van der Waals surface area contributed by atoms with E-state index in [0.717, 1.165) is 16.8 Å². The van der Waals surface area contributed by atoms with Crippen LogP contribution in [-0.4, -0.2) is 70.9 Å². The monoisotopic (exact) mass is 465 g/mol. The molecule has 1 aliphatic heterocycles. The number of nitrogens with zero attached hydrogens (tertiary/aromatic N) is 5. The van der Waals surface area contributed by atoms with Crippen LogP contribution in [0.2, 0.25) is 5.02 Å². The van der Waals surface area contributed by atoms with Crippen LogP contribution in [0.15, 0.2) is 42.5 Å². The van der Waals surface area contributed by atoms with Crippen molar-refractivity contribution in [2.45, 2.75) is 20.8 Å². The van der Waals surface area contributed by atoms with Crippen molar-refractivity contribution >= 4 is 40.1 Å². The molecular weight excluding hydrogens is 438 g/mol. The highest BCUT2D eigenvalue weighted by Crippen LogP contribution is 2.32. The third kappa shape index (κ3) is 4.64. The Labute approximate surface area is 199 Å². The van der Waals surface area contributed by atoms with E-state index in [9.17, 15) is 9.59 Å². The molecule has 0 radical (unpaired) electrons. The number of fused-ring (bicyclic) bond motifs is 1. The molecule has 1 aliphatic rings. The third-order valence-corrected chi connectivity index (χ3v) is 6.44. The van der Waals surface area contributed by atoms with Gasteiger partial charge in [0.05, 0.1) is 10.5 Å². The first-order chi connectivity index (χ1) is 15.9. The molecule has 7 nitrogen and oxygen atoms in total. The Kier molecular flexibility index (Phi) is 6.79. The molecule has 0 bridgehead atoms. The van der Waals surface area contributed by atoms with Crippen molar-refractivity contribution in [2.75, 3.05) is 44.2 Å². The number of carbonyl (C=O) groups excluding carboxylic acids is 2. The number of piperazine rings is 1. The van der Waals surface area contributed by atoms with Crippen LogP contribution in [0.4, 0.5) is 5.82 Å². The van der Waals surface area contributed by atoms with Gasteiger partial charge in [0.1, 0.15) is 5.82 Å². The summed E-state index contributed by atoms with van der Waals surface area (Å²) in [4.78, 5) is 40.2. The van der Waals surface area contributed by atoms with Crippen LogP contribution < -0.4 is 4.90 Å². The molecule has 0 atom stereocenters. The van der Waals surface area contributed by atoms with Gasteiger partial charge in [-0.3, -0.25) is 9.59 Å². The molecule has 2 aromatic carbocycles. The van der Waals surface area contributed by atoms with Gasteiger partial charge in [-0.15, -0.1) is 0 Å². The number of carbonyl (C=O) groups is 2. The van der Waals surface area contributed by atoms with E-state index in [1.807, 2.05) is 61.2 Å². The standard InChI is InChI=1S/C25H28ClN5O2/c1-4-29(5-2)25(33)18-10-11-20-22(16-18)27-23(19-8-6-7-9-21(19)26)28-24(20)31-14-12-30(13-15-31)17(3)32/h6-11,16H,4-5,12-15H2,1-3H3. The molecule has 3 aromatic rings. The lowest BCUT2D eigenvalue weighted by Crippen LogP contribution is -2.48. The Morgan fingerprint density at radius 2 is 1.70 bits per heavy atom. The maximum Gasteiger partial charge on any atom is 0.253 e. The normalized spacial score (nSPS) is 13.9. The van der Waals surface area contributed by atoms with Crippen LogP contribution in [0.3, 0.4) is 0 Å². The molecule has 8 heteroatoms. The average molecular weight is 466 g/mol. The van der Waals surface area contributed by atoms with Crippen molar-refractivity contribution in [3.63, 3.8) is 0 Å². The third-order valence-electron chi connectivity index (χ3n) is 6.11. The lowest BCUT2D eigenvalue weighted by Gasteiger charge is -2.35. The SMILES string of the molecule is CCN(CC)C(=O)c1ccc2c(N3CCN(C(C)=O)CC3)nc(-c3ccccc3Cl)nc2c1. The predicted octanol–water partition coefficient (Wildman–Crippen LogP) is 4.10. The molecule has 2 heterocycles. The van der Waals surface area contributed by atoms with Crippen LogP contribution in [0.1, 0.15) is 31.1 Å². The minimum atomic E-state index is -0.0172. The first kappa shape index (κ1) is 23.0. The van der Waals surface area contributed by atoms with Gasteiger partial charge in [-0.25, -0.2) is 9.97 Å². The van der Waals surface area contributed by atoms with Gasteiger partial charge in [0.25, 0.3) is 5.91 Å². The number of hydrogen-bond acceptors (Lipinski definition) is 5. The summed E-state index contributed by atoms with van der Waals surface area (Å²) in [7, 11) is 0. The second kappa shape index (κ2) is 9.75. The topological polar surface area (TPSA) is 69.6 Å². The Morgan fingerprint density at radius 1 is 1.00 bits per heavy atom. The van der Waals surface area contributed by atoms with Crippen molar-refractivity contribution in [2.24, 2.45) is 0 Å². The van der Waals surface area contributed by atoms with Crippen LogP contribution in [0.5, 0.6) is 0 Å². The van der Waals surface area contributed by atoms with E-state index in [1.54, 1.807) is 11.8 Å². The zero-order valence-electron chi connectivity index (χ0n) is 19.2. The second-order valence-electron chi connectivity index (χ2n) is 8.05. The van der Waals surface area contributed by atoms with Gasteiger partial charge < -0.3 is 14.7 Å². The Balaban J connectivity index is 1.82. The molecule has 2 amide bonds. The van der Waals surface area contributed by atoms with Crippen molar-refractivity contribution in [3.8, 4) is 11.4 Å². The Bertz CT molecular complexity index is 1190. The minimum absolute atomic E-state index is 0.0172. The van der Waals surface area contributed by atoms with Gasteiger partial charge in [-0.1, -0.05) is 23.7 Å². The average Bonchev–Trinajstić information content (AvgIpc) is 2.84. The van der Waals surface area contributed by atoms with Gasteiger partial charge in [-0.2, -0.15) is 0 Å². The van der Waals surface area contributed by atoms with Crippen LogP contribution in [0.25, 0.3) is 22.3 Å². The molecule has 0 N–H and O–H groups in total. The largest absolute Gasteiger partial charge is 0.352 e. The summed E-state index contributed by atoms with van der Waals surface area (Å²) in [5.74, 6) is 1.37. The number of anilines is 1. The second-order valence-corrected chi connectivity index (χ2v) is 8.46. The smallest absolute Gasteiger partial charge is 0.253 e. The lowest BCUT2D eigenvalue weighted by molar-refractivity contribution is -0.129. The Morgan fingerprint density at radius 3 is 2.33 bits per heavy atom. The molecule has 0 aliphatic carbocycles. The van der Waals surface area contributed by atoms with E-state index in [2.05, 4.69) is 4.90 Å². The predicted molar refractivity (Wildman–Crippen MR) is 132 cm³/mol. The van der Waals surface area contributed by atoms with Gasteiger partial charge in [-0.05, 0) is 44.2 Å². The zero-order valence-corrected chi connectivity index (χ0v) is 20.0. The maximum atomic E-state index is 13.0. The van der Waals surface area contributed by atoms with Gasteiger partial charge in [0.15, 0.2) is 5.82 Å². The van der Waals surface area contributed by atoms with E-state index in [0.29, 0.717) is 61.2 Å². The molecule has 4 rings (SSSR count). The molecular formula is C25H28ClN5O2. The number of rotatable bonds is 5. The van der Waals surface area contributed by atoms with E-state index < -0.39 is 0 Å². The number of amides is 2. The minimum Gasteiger partial charge on any atom is -0.352 e. The van der Waals surface area contributed by atoms with E-state index in [4.69, 9.17) is 21.6 Å². The molecule has 0 unspecified atom stereocenters. The summed E-state index contributed by atoms with van der Waals surface area (Å²) >= 11 is 6.46. The number of benzene rings is 2. The summed E-state index contributed by atoms with van der Waals surface area (Å²) in [6, 6.07) is 13.1. The van der Waals surface area contributed by atoms with Crippen molar-refractivity contribution < 1.29 is 9.59 Å². The molecule has 33 heavy (non-hydrogen) atoms. The summed E-state index contributed by atoms with van der Waals surface area (Å²) < 4.78 is 0. The summed E-state index contributed by atoms with van der Waals surface area (Å²) in [6.07, 6.45) is 0. The van der Waals surface area contributed by atoms with Gasteiger partial charge in [0, 0.05) is 62.7 Å². The van der Waals surface area contributed by atoms with E-state index in [1.165, 1.54) is 0 Å². The van der Waals surface area contributed by atoms with Crippen molar-refractivity contribution in [3.05, 3.63) is 53.1 Å². The molecule has 0 spiro atoms. The molecule has 1 fully saturated rings. The van der Waals surface area contributed by atoms with Crippen molar-refractivity contribution in [1.82, 2.24) is 19.8 Å². The summed E-state index contributed by atoms with van der Waals surface area (Å²) in [5.41, 5.74) is 2.04. The summed E-state index contributed by atoms with van der Waals surface area (Å²) in [5, 5.41) is 1.44. The highest BCUT2D eigenvalue weighted by atomic mass is 35.5. The Hall–Kier alpha value is -3.19. The number of aromatic nitrogens is 2. The fourth-order valence-corrected chi connectivity index (χ4v) is 4.40. The summed E-state index contributed by atoms with van der Waals surface area (Å²) in [6.45, 7) is 9.46. The molecule has 1 aromatic heterocycles. The van der Waals surface area contributed by atoms with Crippen LogP contribution >= 0.6 is 11.6 Å². The van der Waals surface area contributed by atoms with Crippen molar-refractivity contribution in [1.29, 1.82) is 0 Å². The van der Waals surface area contributed by atoms with Crippen LogP contribution in [0, 0.1) is 0 Å².